The summed E-state index contributed by atoms with van der Waals surface area (Å²) >= 11 is 6.10. The van der Waals surface area contributed by atoms with Gasteiger partial charge in [-0.15, -0.1) is 0 Å². The van der Waals surface area contributed by atoms with Gasteiger partial charge in [-0.3, -0.25) is 0 Å². The molecule has 0 fully saturated rings. The van der Waals surface area contributed by atoms with E-state index in [9.17, 15) is 0 Å². The summed E-state index contributed by atoms with van der Waals surface area (Å²) in [6.45, 7) is 3.89. The first kappa shape index (κ1) is 15.0. The van der Waals surface area contributed by atoms with Crippen LogP contribution in [0.25, 0.3) is 0 Å². The van der Waals surface area contributed by atoms with Gasteiger partial charge >= 0.3 is 0 Å². The van der Waals surface area contributed by atoms with E-state index < -0.39 is 0 Å². The number of hydrogen-bond acceptors (Lipinski definition) is 5. The molecule has 1 aromatic rings. The van der Waals surface area contributed by atoms with E-state index in [0.717, 1.165) is 38.2 Å². The molecule has 2 N–H and O–H groups in total. The Hall–Kier alpha value is -1.07. The number of rotatable bonds is 8. The van der Waals surface area contributed by atoms with E-state index in [-0.39, 0.29) is 6.61 Å². The summed E-state index contributed by atoms with van der Waals surface area (Å²) in [7, 11) is 1.96. The molecule has 0 radical (unpaired) electrons. The SMILES string of the molecule is CCNc1ncc(Cl)c(N(C)CCCCCO)n1. The molecule has 18 heavy (non-hydrogen) atoms. The molecule has 0 unspecified atom stereocenters. The third-order valence-corrected chi connectivity index (χ3v) is 2.84. The van der Waals surface area contributed by atoms with Crippen molar-refractivity contribution in [2.75, 3.05) is 37.0 Å². The third-order valence-electron chi connectivity index (χ3n) is 2.57. The van der Waals surface area contributed by atoms with Crippen molar-refractivity contribution in [2.45, 2.75) is 26.2 Å². The van der Waals surface area contributed by atoms with Gasteiger partial charge in [0.2, 0.25) is 5.95 Å². The molecule has 0 aliphatic rings. The molecule has 0 aromatic carbocycles. The van der Waals surface area contributed by atoms with E-state index in [4.69, 9.17) is 16.7 Å². The van der Waals surface area contributed by atoms with Crippen molar-refractivity contribution in [3.8, 4) is 0 Å². The monoisotopic (exact) mass is 272 g/mol. The molecule has 102 valence electrons. The van der Waals surface area contributed by atoms with Crippen molar-refractivity contribution >= 4 is 23.4 Å². The first-order chi connectivity index (χ1) is 8.69. The molecule has 0 saturated carbocycles. The van der Waals surface area contributed by atoms with E-state index in [1.807, 2.05) is 18.9 Å². The highest BCUT2D eigenvalue weighted by atomic mass is 35.5. The lowest BCUT2D eigenvalue weighted by atomic mass is 10.2. The molecule has 1 heterocycles. The van der Waals surface area contributed by atoms with E-state index in [2.05, 4.69) is 15.3 Å². The number of anilines is 2. The minimum atomic E-state index is 0.253. The molecule has 0 bridgehead atoms. The quantitative estimate of drug-likeness (QED) is 0.710. The van der Waals surface area contributed by atoms with E-state index in [0.29, 0.717) is 11.0 Å². The second-order valence-electron chi connectivity index (χ2n) is 4.10. The highest BCUT2D eigenvalue weighted by molar-refractivity contribution is 6.32. The predicted octanol–water partition coefficient (Wildman–Crippen LogP) is 2.16. The van der Waals surface area contributed by atoms with Crippen LogP contribution < -0.4 is 10.2 Å². The molecule has 0 aliphatic carbocycles. The number of aromatic nitrogens is 2. The van der Waals surface area contributed by atoms with Crippen molar-refractivity contribution < 1.29 is 5.11 Å². The van der Waals surface area contributed by atoms with Crippen LogP contribution in [-0.4, -0.2) is 41.8 Å². The number of unbranched alkanes of at least 4 members (excludes halogenated alkanes) is 2. The topological polar surface area (TPSA) is 61.3 Å². The van der Waals surface area contributed by atoms with Gasteiger partial charge in [-0.25, -0.2) is 4.98 Å². The van der Waals surface area contributed by atoms with Crippen molar-refractivity contribution in [1.82, 2.24) is 9.97 Å². The van der Waals surface area contributed by atoms with Crippen LogP contribution in [0.15, 0.2) is 6.20 Å². The smallest absolute Gasteiger partial charge is 0.224 e. The number of hydrogen-bond donors (Lipinski definition) is 2. The summed E-state index contributed by atoms with van der Waals surface area (Å²) in [6, 6.07) is 0. The normalized spacial score (nSPS) is 10.4. The zero-order valence-corrected chi connectivity index (χ0v) is 11.7. The molecular weight excluding hydrogens is 252 g/mol. The molecule has 0 atom stereocenters. The summed E-state index contributed by atoms with van der Waals surface area (Å²) in [6.07, 6.45) is 4.47. The lowest BCUT2D eigenvalue weighted by molar-refractivity contribution is 0.283. The summed E-state index contributed by atoms with van der Waals surface area (Å²) in [5, 5.41) is 12.3. The Labute approximate surface area is 113 Å². The number of aliphatic hydroxyl groups is 1. The highest BCUT2D eigenvalue weighted by Crippen LogP contribution is 2.22. The Morgan fingerprint density at radius 2 is 2.17 bits per heavy atom. The zero-order valence-electron chi connectivity index (χ0n) is 11.0. The maximum Gasteiger partial charge on any atom is 0.224 e. The second kappa shape index (κ2) is 8.11. The summed E-state index contributed by atoms with van der Waals surface area (Å²) in [4.78, 5) is 10.5. The number of aliphatic hydroxyl groups excluding tert-OH is 1. The molecule has 1 rings (SSSR count). The number of nitrogens with zero attached hydrogens (tertiary/aromatic N) is 3. The van der Waals surface area contributed by atoms with Crippen LogP contribution in [0.5, 0.6) is 0 Å². The van der Waals surface area contributed by atoms with Gasteiger partial charge in [-0.2, -0.15) is 4.98 Å². The summed E-state index contributed by atoms with van der Waals surface area (Å²) in [5.41, 5.74) is 0. The van der Waals surface area contributed by atoms with Crippen molar-refractivity contribution in [3.63, 3.8) is 0 Å². The van der Waals surface area contributed by atoms with Gasteiger partial charge in [0.25, 0.3) is 0 Å². The van der Waals surface area contributed by atoms with E-state index in [1.54, 1.807) is 6.20 Å². The summed E-state index contributed by atoms with van der Waals surface area (Å²) in [5.74, 6) is 1.34. The maximum atomic E-state index is 8.72. The average molecular weight is 273 g/mol. The highest BCUT2D eigenvalue weighted by Gasteiger charge is 2.09. The minimum Gasteiger partial charge on any atom is -0.396 e. The van der Waals surface area contributed by atoms with Crippen LogP contribution in [0.4, 0.5) is 11.8 Å². The molecular formula is C12H21ClN4O. The Morgan fingerprint density at radius 3 is 2.83 bits per heavy atom. The standard InChI is InChI=1S/C12H21ClN4O/c1-3-14-12-15-9-10(13)11(16-12)17(2)7-5-4-6-8-18/h9,18H,3-8H2,1-2H3,(H,14,15,16). The molecule has 0 spiro atoms. The van der Waals surface area contributed by atoms with Gasteiger partial charge in [0.1, 0.15) is 5.02 Å². The van der Waals surface area contributed by atoms with Crippen molar-refractivity contribution in [1.29, 1.82) is 0 Å². The number of nitrogens with one attached hydrogen (secondary N) is 1. The Kier molecular flexibility index (Phi) is 6.75. The zero-order chi connectivity index (χ0) is 13.4. The first-order valence-corrected chi connectivity index (χ1v) is 6.65. The average Bonchev–Trinajstić information content (AvgIpc) is 2.37. The van der Waals surface area contributed by atoms with Gasteiger partial charge in [0, 0.05) is 26.7 Å². The summed E-state index contributed by atoms with van der Waals surface area (Å²) < 4.78 is 0. The third kappa shape index (κ3) is 4.66. The van der Waals surface area contributed by atoms with Crippen LogP contribution in [-0.2, 0) is 0 Å². The Bertz CT molecular complexity index is 362. The van der Waals surface area contributed by atoms with Gasteiger partial charge in [-0.05, 0) is 26.2 Å². The van der Waals surface area contributed by atoms with Gasteiger partial charge in [-0.1, -0.05) is 11.6 Å². The fourth-order valence-electron chi connectivity index (χ4n) is 1.61. The minimum absolute atomic E-state index is 0.253. The second-order valence-corrected chi connectivity index (χ2v) is 4.51. The maximum absolute atomic E-state index is 8.72. The van der Waals surface area contributed by atoms with Crippen LogP contribution in [0, 0.1) is 0 Å². The van der Waals surface area contributed by atoms with E-state index >= 15 is 0 Å². The van der Waals surface area contributed by atoms with Crippen molar-refractivity contribution in [3.05, 3.63) is 11.2 Å². The van der Waals surface area contributed by atoms with Crippen LogP contribution in [0.3, 0.4) is 0 Å². The van der Waals surface area contributed by atoms with Gasteiger partial charge < -0.3 is 15.3 Å². The molecule has 0 amide bonds. The van der Waals surface area contributed by atoms with Gasteiger partial charge in [0.15, 0.2) is 5.82 Å². The Morgan fingerprint density at radius 1 is 1.39 bits per heavy atom. The number of halogens is 1. The van der Waals surface area contributed by atoms with Crippen LogP contribution in [0.2, 0.25) is 5.02 Å². The first-order valence-electron chi connectivity index (χ1n) is 6.27. The fraction of sp³-hybridized carbons (Fsp3) is 0.667. The lowest BCUT2D eigenvalue weighted by Crippen LogP contribution is -2.21. The molecule has 5 nitrogen and oxygen atoms in total. The fourth-order valence-corrected chi connectivity index (χ4v) is 1.85. The predicted molar refractivity (Wildman–Crippen MR) is 75.4 cm³/mol. The Balaban J connectivity index is 2.59. The molecule has 6 heteroatoms. The van der Waals surface area contributed by atoms with Gasteiger partial charge in [0.05, 0.1) is 6.20 Å². The molecule has 0 saturated heterocycles. The lowest BCUT2D eigenvalue weighted by Gasteiger charge is -2.19. The van der Waals surface area contributed by atoms with Crippen molar-refractivity contribution in [2.24, 2.45) is 0 Å². The largest absolute Gasteiger partial charge is 0.396 e. The molecule has 1 aromatic heterocycles. The van der Waals surface area contributed by atoms with Crippen LogP contribution >= 0.6 is 11.6 Å². The van der Waals surface area contributed by atoms with E-state index in [1.165, 1.54) is 0 Å². The van der Waals surface area contributed by atoms with Crippen LogP contribution in [0.1, 0.15) is 26.2 Å². The molecule has 0 aliphatic heterocycles.